The van der Waals surface area contributed by atoms with E-state index in [0.29, 0.717) is 22.5 Å². The Kier molecular flexibility index (Phi) is 4.44. The summed E-state index contributed by atoms with van der Waals surface area (Å²) in [6.45, 7) is 1.46. The molecule has 0 unspecified atom stereocenters. The van der Waals surface area contributed by atoms with Crippen molar-refractivity contribution in [1.82, 2.24) is 10.1 Å². The van der Waals surface area contributed by atoms with E-state index >= 15 is 0 Å². The minimum absolute atomic E-state index is 0.0796. The number of hydrogen-bond donors (Lipinski definition) is 0. The number of carbonyl (C=O) groups is 1. The average molecular weight is 360 g/mol. The zero-order chi connectivity index (χ0) is 16.4. The maximum Gasteiger partial charge on any atom is 0.276 e. The van der Waals surface area contributed by atoms with Crippen LogP contribution in [0.5, 0.6) is 0 Å². The molecule has 0 aromatic carbocycles. The maximum absolute atomic E-state index is 12.7. The Morgan fingerprint density at radius 2 is 2.21 bits per heavy atom. The van der Waals surface area contributed by atoms with Gasteiger partial charge in [0, 0.05) is 35.0 Å². The first-order chi connectivity index (χ1) is 11.8. The van der Waals surface area contributed by atoms with Crippen LogP contribution in [0.3, 0.4) is 0 Å². The number of carbonyl (C=O) groups excluding carboxylic acids is 1. The van der Waals surface area contributed by atoms with Crippen molar-refractivity contribution in [3.63, 3.8) is 0 Å². The molecule has 124 valence electrons. The van der Waals surface area contributed by atoms with Gasteiger partial charge in [0.15, 0.2) is 11.5 Å². The molecule has 0 aliphatic carbocycles. The first kappa shape index (κ1) is 15.5. The van der Waals surface area contributed by atoms with Crippen LogP contribution in [0, 0.1) is 0 Å². The van der Waals surface area contributed by atoms with E-state index in [9.17, 15) is 4.79 Å². The van der Waals surface area contributed by atoms with Gasteiger partial charge in [0.2, 0.25) is 5.76 Å². The summed E-state index contributed by atoms with van der Waals surface area (Å²) in [5.41, 5.74) is 0.334. The summed E-state index contributed by atoms with van der Waals surface area (Å²) in [6.07, 6.45) is 2.52. The van der Waals surface area contributed by atoms with E-state index in [2.05, 4.69) is 22.7 Å². The molecule has 1 amide bonds. The van der Waals surface area contributed by atoms with Crippen molar-refractivity contribution in [2.75, 3.05) is 18.8 Å². The summed E-state index contributed by atoms with van der Waals surface area (Å²) < 4.78 is 10.5. The number of thiophene rings is 1. The quantitative estimate of drug-likeness (QED) is 0.696. The van der Waals surface area contributed by atoms with Gasteiger partial charge < -0.3 is 13.8 Å². The molecule has 1 atom stereocenters. The second-order valence-electron chi connectivity index (χ2n) is 5.51. The summed E-state index contributed by atoms with van der Waals surface area (Å²) in [4.78, 5) is 15.9. The number of aromatic nitrogens is 1. The van der Waals surface area contributed by atoms with E-state index < -0.39 is 0 Å². The van der Waals surface area contributed by atoms with E-state index in [4.69, 9.17) is 8.94 Å². The summed E-state index contributed by atoms with van der Waals surface area (Å²) >= 11 is 3.70. The lowest BCUT2D eigenvalue weighted by Crippen LogP contribution is -2.33. The van der Waals surface area contributed by atoms with Gasteiger partial charge in [-0.15, -0.1) is 11.3 Å². The molecule has 7 heteroatoms. The Bertz CT molecular complexity index is 796. The smallest absolute Gasteiger partial charge is 0.276 e. The molecule has 1 aliphatic rings. The highest BCUT2D eigenvalue weighted by molar-refractivity contribution is 7.99. The molecule has 1 saturated heterocycles. The molecule has 4 rings (SSSR count). The highest BCUT2D eigenvalue weighted by atomic mass is 32.2. The van der Waals surface area contributed by atoms with E-state index in [-0.39, 0.29) is 5.91 Å². The van der Waals surface area contributed by atoms with Gasteiger partial charge in [0.05, 0.1) is 6.26 Å². The number of furan rings is 1. The molecule has 0 saturated carbocycles. The van der Waals surface area contributed by atoms with Gasteiger partial charge in [-0.3, -0.25) is 4.79 Å². The normalized spacial score (nSPS) is 18.5. The van der Waals surface area contributed by atoms with Crippen LogP contribution in [-0.2, 0) is 0 Å². The van der Waals surface area contributed by atoms with Crippen LogP contribution in [0.15, 0.2) is 50.9 Å². The third-order valence-electron chi connectivity index (χ3n) is 3.98. The summed E-state index contributed by atoms with van der Waals surface area (Å²) in [5, 5.41) is 6.49. The summed E-state index contributed by atoms with van der Waals surface area (Å²) in [6, 6.07) is 9.46. The highest BCUT2D eigenvalue weighted by Crippen LogP contribution is 2.37. The SMILES string of the molecule is O=C(c1cc(-c2ccco2)on1)N1CCS[C@@H](c2cccs2)CC1. The lowest BCUT2D eigenvalue weighted by atomic mass is 10.2. The Labute approximate surface area is 147 Å². The van der Waals surface area contributed by atoms with E-state index in [0.717, 1.165) is 25.3 Å². The number of hydrogen-bond acceptors (Lipinski definition) is 6. The molecule has 3 aromatic heterocycles. The second kappa shape index (κ2) is 6.86. The Hall–Kier alpha value is -1.99. The summed E-state index contributed by atoms with van der Waals surface area (Å²) in [7, 11) is 0. The Morgan fingerprint density at radius 3 is 3.00 bits per heavy atom. The highest BCUT2D eigenvalue weighted by Gasteiger charge is 2.25. The van der Waals surface area contributed by atoms with Crippen LogP contribution in [0.1, 0.15) is 27.0 Å². The van der Waals surface area contributed by atoms with E-state index in [1.54, 1.807) is 35.8 Å². The van der Waals surface area contributed by atoms with Gasteiger partial charge >= 0.3 is 0 Å². The molecule has 5 nitrogen and oxygen atoms in total. The van der Waals surface area contributed by atoms with Gasteiger partial charge in [-0.05, 0) is 30.0 Å². The van der Waals surface area contributed by atoms with Gasteiger partial charge in [0.25, 0.3) is 5.91 Å². The third kappa shape index (κ3) is 3.14. The largest absolute Gasteiger partial charge is 0.461 e. The van der Waals surface area contributed by atoms with Crippen molar-refractivity contribution in [3.8, 4) is 11.5 Å². The van der Waals surface area contributed by atoms with Crippen molar-refractivity contribution in [1.29, 1.82) is 0 Å². The summed E-state index contributed by atoms with van der Waals surface area (Å²) in [5.74, 6) is 1.90. The van der Waals surface area contributed by atoms with Crippen molar-refractivity contribution < 1.29 is 13.7 Å². The van der Waals surface area contributed by atoms with Gasteiger partial charge in [-0.1, -0.05) is 11.2 Å². The second-order valence-corrected chi connectivity index (χ2v) is 7.80. The predicted octanol–water partition coefficient (Wildman–Crippen LogP) is 4.32. The zero-order valence-electron chi connectivity index (χ0n) is 12.9. The van der Waals surface area contributed by atoms with Crippen LogP contribution < -0.4 is 0 Å². The topological polar surface area (TPSA) is 59.5 Å². The van der Waals surface area contributed by atoms with Crippen LogP contribution in [0.4, 0.5) is 0 Å². The predicted molar refractivity (Wildman–Crippen MR) is 94.2 cm³/mol. The lowest BCUT2D eigenvalue weighted by molar-refractivity contribution is 0.0756. The van der Waals surface area contributed by atoms with Crippen LogP contribution in [-0.4, -0.2) is 34.8 Å². The molecule has 0 bridgehead atoms. The van der Waals surface area contributed by atoms with Crippen molar-refractivity contribution in [2.45, 2.75) is 11.7 Å². The van der Waals surface area contributed by atoms with Crippen LogP contribution in [0.2, 0.25) is 0 Å². The van der Waals surface area contributed by atoms with Crippen LogP contribution >= 0.6 is 23.1 Å². The van der Waals surface area contributed by atoms with Crippen molar-refractivity contribution in [2.24, 2.45) is 0 Å². The molecule has 4 heterocycles. The average Bonchev–Trinajstić information content (AvgIpc) is 3.33. The molecule has 1 aliphatic heterocycles. The fourth-order valence-corrected chi connectivity index (χ4v) is 4.99. The minimum Gasteiger partial charge on any atom is -0.461 e. The molecule has 0 radical (unpaired) electrons. The van der Waals surface area contributed by atoms with Crippen molar-refractivity contribution >= 4 is 29.0 Å². The maximum atomic E-state index is 12.7. The van der Waals surface area contributed by atoms with E-state index in [1.807, 2.05) is 16.7 Å². The monoisotopic (exact) mass is 360 g/mol. The van der Waals surface area contributed by atoms with E-state index in [1.165, 1.54) is 4.88 Å². The molecular weight excluding hydrogens is 344 g/mol. The van der Waals surface area contributed by atoms with Crippen LogP contribution in [0.25, 0.3) is 11.5 Å². The molecular formula is C17H16N2O3S2. The zero-order valence-corrected chi connectivity index (χ0v) is 14.5. The fraction of sp³-hybridized carbons (Fsp3) is 0.294. The first-order valence-corrected chi connectivity index (χ1v) is 9.69. The molecule has 3 aromatic rings. The fourth-order valence-electron chi connectivity index (χ4n) is 2.75. The van der Waals surface area contributed by atoms with Crippen molar-refractivity contribution in [3.05, 3.63) is 52.5 Å². The van der Waals surface area contributed by atoms with Gasteiger partial charge in [-0.25, -0.2) is 0 Å². The molecule has 1 fully saturated rings. The number of thioether (sulfide) groups is 1. The Morgan fingerprint density at radius 1 is 1.25 bits per heavy atom. The third-order valence-corrected chi connectivity index (χ3v) is 6.43. The van der Waals surface area contributed by atoms with Gasteiger partial charge in [0.1, 0.15) is 0 Å². The molecule has 0 spiro atoms. The molecule has 24 heavy (non-hydrogen) atoms. The number of rotatable bonds is 3. The minimum atomic E-state index is -0.0796. The Balaban J connectivity index is 1.45. The number of nitrogens with zero attached hydrogens (tertiary/aromatic N) is 2. The van der Waals surface area contributed by atoms with Gasteiger partial charge in [-0.2, -0.15) is 11.8 Å². The molecule has 0 N–H and O–H groups in total. The number of amides is 1. The standard InChI is InChI=1S/C17H16N2O3S2/c20-17(12-11-14(22-18-12)13-3-1-8-21-13)19-6-5-16(24-10-7-19)15-4-2-9-23-15/h1-4,8-9,11,16H,5-7,10H2/t16-/m1/s1. The lowest BCUT2D eigenvalue weighted by Gasteiger charge is -2.18. The first-order valence-electron chi connectivity index (χ1n) is 7.76.